The highest BCUT2D eigenvalue weighted by Crippen LogP contribution is 2.24. The van der Waals surface area contributed by atoms with Crippen molar-refractivity contribution < 1.29 is 0 Å². The molecule has 3 rings (SSSR count). The Kier molecular flexibility index (Phi) is 1.99. The van der Waals surface area contributed by atoms with Crippen LogP contribution >= 0.6 is 0 Å². The molecule has 0 spiro atoms. The molecular formula is C12H15N3. The largest absolute Gasteiger partial charge is 0.343 e. The van der Waals surface area contributed by atoms with Gasteiger partial charge in [-0.2, -0.15) is 0 Å². The molecule has 1 saturated heterocycles. The number of H-pyrrole nitrogens is 1. The van der Waals surface area contributed by atoms with E-state index in [1.54, 1.807) is 0 Å². The van der Waals surface area contributed by atoms with Gasteiger partial charge in [-0.3, -0.25) is 0 Å². The van der Waals surface area contributed by atoms with E-state index >= 15 is 0 Å². The Morgan fingerprint density at radius 2 is 2.33 bits per heavy atom. The molecule has 3 nitrogen and oxygen atoms in total. The van der Waals surface area contributed by atoms with E-state index < -0.39 is 0 Å². The van der Waals surface area contributed by atoms with Crippen LogP contribution in [0, 0.1) is 6.92 Å². The van der Waals surface area contributed by atoms with Crippen molar-refractivity contribution in [3.63, 3.8) is 0 Å². The monoisotopic (exact) mass is 201 g/mol. The van der Waals surface area contributed by atoms with Crippen LogP contribution in [0.3, 0.4) is 0 Å². The summed E-state index contributed by atoms with van der Waals surface area (Å²) in [6.45, 7) is 4.30. The van der Waals surface area contributed by atoms with E-state index in [-0.39, 0.29) is 0 Å². The fraction of sp³-hybridized carbons (Fsp3) is 0.417. The van der Waals surface area contributed by atoms with E-state index in [1.807, 2.05) is 6.20 Å². The molecule has 0 bridgehead atoms. The molecule has 1 unspecified atom stereocenters. The van der Waals surface area contributed by atoms with Gasteiger partial charge in [0.05, 0.1) is 0 Å². The van der Waals surface area contributed by atoms with Gasteiger partial charge < -0.3 is 10.3 Å². The lowest BCUT2D eigenvalue weighted by atomic mass is 10.1. The Morgan fingerprint density at radius 3 is 3.13 bits per heavy atom. The van der Waals surface area contributed by atoms with Gasteiger partial charge in [-0.15, -0.1) is 0 Å². The highest BCUT2D eigenvalue weighted by atomic mass is 14.9. The molecule has 0 amide bonds. The van der Waals surface area contributed by atoms with Gasteiger partial charge in [-0.25, -0.2) is 4.98 Å². The number of fused-ring (bicyclic) bond motifs is 1. The standard InChI is InChI=1S/C12H15N3/c1-8-4-10-5-11(9-2-3-13-7-9)15-12(10)14-6-8/h4-6,9,13H,2-3,7H2,1H3,(H,14,15). The molecule has 15 heavy (non-hydrogen) atoms. The SMILES string of the molecule is Cc1cnc2[nH]c(C3CCNC3)cc2c1. The molecule has 0 radical (unpaired) electrons. The summed E-state index contributed by atoms with van der Waals surface area (Å²) in [5.41, 5.74) is 3.56. The quantitative estimate of drug-likeness (QED) is 0.740. The molecule has 3 heterocycles. The lowest BCUT2D eigenvalue weighted by Gasteiger charge is -2.03. The molecule has 2 aromatic heterocycles. The summed E-state index contributed by atoms with van der Waals surface area (Å²) in [6, 6.07) is 4.43. The summed E-state index contributed by atoms with van der Waals surface area (Å²) in [7, 11) is 0. The second-order valence-corrected chi connectivity index (χ2v) is 4.36. The number of nitrogens with one attached hydrogen (secondary N) is 2. The maximum absolute atomic E-state index is 4.40. The smallest absolute Gasteiger partial charge is 0.137 e. The van der Waals surface area contributed by atoms with Gasteiger partial charge in [0.25, 0.3) is 0 Å². The normalized spacial score (nSPS) is 21.3. The molecular weight excluding hydrogens is 186 g/mol. The average molecular weight is 201 g/mol. The molecule has 0 aromatic carbocycles. The third kappa shape index (κ3) is 1.53. The van der Waals surface area contributed by atoms with Crippen LogP contribution in [0.4, 0.5) is 0 Å². The van der Waals surface area contributed by atoms with E-state index in [0.29, 0.717) is 5.92 Å². The number of aromatic amines is 1. The van der Waals surface area contributed by atoms with E-state index in [0.717, 1.165) is 18.7 Å². The number of pyridine rings is 1. The van der Waals surface area contributed by atoms with Crippen LogP contribution in [0.15, 0.2) is 18.3 Å². The van der Waals surface area contributed by atoms with Gasteiger partial charge in [0.2, 0.25) is 0 Å². The van der Waals surface area contributed by atoms with Crippen molar-refractivity contribution >= 4 is 11.0 Å². The van der Waals surface area contributed by atoms with Crippen molar-refractivity contribution in [1.29, 1.82) is 0 Å². The van der Waals surface area contributed by atoms with Crippen molar-refractivity contribution in [2.24, 2.45) is 0 Å². The first kappa shape index (κ1) is 8.92. The summed E-state index contributed by atoms with van der Waals surface area (Å²) in [5, 5.41) is 4.62. The van der Waals surface area contributed by atoms with E-state index in [2.05, 4.69) is 34.3 Å². The van der Waals surface area contributed by atoms with Crippen molar-refractivity contribution in [3.8, 4) is 0 Å². The number of aromatic nitrogens is 2. The molecule has 2 N–H and O–H groups in total. The zero-order valence-corrected chi connectivity index (χ0v) is 8.88. The number of rotatable bonds is 1. The molecule has 0 aliphatic carbocycles. The fourth-order valence-corrected chi connectivity index (χ4v) is 2.29. The topological polar surface area (TPSA) is 40.7 Å². The molecule has 3 heteroatoms. The van der Waals surface area contributed by atoms with Gasteiger partial charge >= 0.3 is 0 Å². The molecule has 1 atom stereocenters. The Hall–Kier alpha value is -1.35. The maximum Gasteiger partial charge on any atom is 0.137 e. The van der Waals surface area contributed by atoms with Crippen LogP contribution in [-0.2, 0) is 0 Å². The number of nitrogens with zero attached hydrogens (tertiary/aromatic N) is 1. The van der Waals surface area contributed by atoms with Gasteiger partial charge in [0, 0.05) is 29.7 Å². The first-order valence-electron chi connectivity index (χ1n) is 5.49. The minimum atomic E-state index is 0.638. The highest BCUT2D eigenvalue weighted by Gasteiger charge is 2.18. The van der Waals surface area contributed by atoms with Crippen LogP contribution < -0.4 is 5.32 Å². The number of hydrogen-bond donors (Lipinski definition) is 2. The second-order valence-electron chi connectivity index (χ2n) is 4.36. The van der Waals surface area contributed by atoms with Gasteiger partial charge in [0.15, 0.2) is 0 Å². The van der Waals surface area contributed by atoms with Crippen LogP contribution in [0.2, 0.25) is 0 Å². The minimum Gasteiger partial charge on any atom is -0.343 e. The van der Waals surface area contributed by atoms with E-state index in [1.165, 1.54) is 23.1 Å². The Balaban J connectivity index is 2.05. The van der Waals surface area contributed by atoms with E-state index in [4.69, 9.17) is 0 Å². The van der Waals surface area contributed by atoms with E-state index in [9.17, 15) is 0 Å². The van der Waals surface area contributed by atoms with Crippen LogP contribution in [0.5, 0.6) is 0 Å². The molecule has 1 aliphatic heterocycles. The van der Waals surface area contributed by atoms with Gasteiger partial charge in [-0.1, -0.05) is 0 Å². The Labute approximate surface area is 88.9 Å². The predicted molar refractivity (Wildman–Crippen MR) is 61.1 cm³/mol. The lowest BCUT2D eigenvalue weighted by Crippen LogP contribution is -2.07. The number of aryl methyl sites for hydroxylation is 1. The fourth-order valence-electron chi connectivity index (χ4n) is 2.29. The Morgan fingerprint density at radius 1 is 1.40 bits per heavy atom. The summed E-state index contributed by atoms with van der Waals surface area (Å²) < 4.78 is 0. The van der Waals surface area contributed by atoms with Crippen molar-refractivity contribution in [3.05, 3.63) is 29.6 Å². The summed E-state index contributed by atoms with van der Waals surface area (Å²) in [5.74, 6) is 0.638. The van der Waals surface area contributed by atoms with Crippen molar-refractivity contribution in [1.82, 2.24) is 15.3 Å². The third-order valence-corrected chi connectivity index (χ3v) is 3.13. The summed E-state index contributed by atoms with van der Waals surface area (Å²) in [4.78, 5) is 7.81. The summed E-state index contributed by atoms with van der Waals surface area (Å²) >= 11 is 0. The van der Waals surface area contributed by atoms with Crippen LogP contribution in [0.25, 0.3) is 11.0 Å². The molecule has 1 aliphatic rings. The van der Waals surface area contributed by atoms with Crippen LogP contribution in [-0.4, -0.2) is 23.1 Å². The Bertz CT molecular complexity index is 481. The number of hydrogen-bond acceptors (Lipinski definition) is 2. The highest BCUT2D eigenvalue weighted by molar-refractivity contribution is 5.77. The predicted octanol–water partition coefficient (Wildman–Crippen LogP) is 1.95. The first-order valence-corrected chi connectivity index (χ1v) is 5.49. The average Bonchev–Trinajstić information content (AvgIpc) is 2.84. The third-order valence-electron chi connectivity index (χ3n) is 3.13. The molecule has 1 fully saturated rings. The zero-order chi connectivity index (χ0) is 10.3. The van der Waals surface area contributed by atoms with Crippen molar-refractivity contribution in [2.75, 3.05) is 13.1 Å². The summed E-state index contributed by atoms with van der Waals surface area (Å²) in [6.07, 6.45) is 3.14. The van der Waals surface area contributed by atoms with Gasteiger partial charge in [0.1, 0.15) is 5.65 Å². The van der Waals surface area contributed by atoms with Crippen LogP contribution in [0.1, 0.15) is 23.6 Å². The van der Waals surface area contributed by atoms with Crippen molar-refractivity contribution in [2.45, 2.75) is 19.3 Å². The second kappa shape index (κ2) is 3.35. The first-order chi connectivity index (χ1) is 7.33. The molecule has 2 aromatic rings. The zero-order valence-electron chi connectivity index (χ0n) is 8.88. The van der Waals surface area contributed by atoms with Gasteiger partial charge in [-0.05, 0) is 37.6 Å². The minimum absolute atomic E-state index is 0.638. The lowest BCUT2D eigenvalue weighted by molar-refractivity contribution is 0.743. The maximum atomic E-state index is 4.40. The molecule has 78 valence electrons. The molecule has 0 saturated carbocycles.